The minimum atomic E-state index is -1.98. The predicted molar refractivity (Wildman–Crippen MR) is 141 cm³/mol. The maximum absolute atomic E-state index is 7.09. The lowest BCUT2D eigenvalue weighted by molar-refractivity contribution is 0.472. The van der Waals surface area contributed by atoms with E-state index in [-0.39, 0.29) is 0 Å². The Hall–Kier alpha value is -1.80. The van der Waals surface area contributed by atoms with Gasteiger partial charge in [0, 0.05) is 0 Å². The van der Waals surface area contributed by atoms with Gasteiger partial charge in [-0.2, -0.15) is 0 Å². The number of hydrogen-bond donors (Lipinski definition) is 0. The molecule has 0 saturated heterocycles. The SMILES string of the molecule is C=Cc1cc(C)c(Cc2ccc(O[Si](C(C)C)(C(C)C)C(C)C)c(C(C)C)c2)c(C)c1. The summed E-state index contributed by atoms with van der Waals surface area (Å²) in [6, 6.07) is 11.4. The van der Waals surface area contributed by atoms with E-state index in [4.69, 9.17) is 4.43 Å². The summed E-state index contributed by atoms with van der Waals surface area (Å²) in [6.45, 7) is 27.0. The van der Waals surface area contributed by atoms with Crippen LogP contribution in [0.4, 0.5) is 0 Å². The largest absolute Gasteiger partial charge is 0.542 e. The molecule has 0 bridgehead atoms. The molecule has 0 heterocycles. The zero-order valence-electron chi connectivity index (χ0n) is 21.6. The van der Waals surface area contributed by atoms with Crippen LogP contribution in [0.5, 0.6) is 5.75 Å². The van der Waals surface area contributed by atoms with Gasteiger partial charge in [-0.15, -0.1) is 0 Å². The second-order valence-electron chi connectivity index (χ2n) is 10.5. The summed E-state index contributed by atoms with van der Waals surface area (Å²) in [7, 11) is -1.98. The van der Waals surface area contributed by atoms with Crippen molar-refractivity contribution in [3.8, 4) is 5.75 Å². The highest BCUT2D eigenvalue weighted by Crippen LogP contribution is 2.44. The number of aryl methyl sites for hydroxylation is 2. The lowest BCUT2D eigenvalue weighted by Crippen LogP contribution is -2.50. The molecule has 0 unspecified atom stereocenters. The molecule has 0 spiro atoms. The molecule has 0 radical (unpaired) electrons. The smallest absolute Gasteiger partial charge is 0.258 e. The van der Waals surface area contributed by atoms with Crippen molar-refractivity contribution in [2.45, 2.75) is 98.2 Å². The third-order valence-electron chi connectivity index (χ3n) is 7.03. The first-order chi connectivity index (χ1) is 14.4. The second kappa shape index (κ2) is 10.2. The highest BCUT2D eigenvalue weighted by Gasteiger charge is 2.47. The van der Waals surface area contributed by atoms with E-state index in [0.717, 1.165) is 12.2 Å². The molecule has 0 amide bonds. The van der Waals surface area contributed by atoms with Gasteiger partial charge in [-0.1, -0.05) is 92.3 Å². The highest BCUT2D eigenvalue weighted by atomic mass is 28.4. The summed E-state index contributed by atoms with van der Waals surface area (Å²) in [6.07, 6.45) is 2.89. The zero-order chi connectivity index (χ0) is 23.5. The van der Waals surface area contributed by atoms with Crippen molar-refractivity contribution < 1.29 is 4.43 Å². The average molecular weight is 437 g/mol. The molecule has 0 N–H and O–H groups in total. The van der Waals surface area contributed by atoms with Gasteiger partial charge in [0.1, 0.15) is 5.75 Å². The first kappa shape index (κ1) is 25.5. The van der Waals surface area contributed by atoms with Crippen LogP contribution in [0.2, 0.25) is 16.6 Å². The zero-order valence-corrected chi connectivity index (χ0v) is 22.6. The molecule has 0 aromatic heterocycles. The lowest BCUT2D eigenvalue weighted by Gasteiger charge is -2.43. The molecule has 2 rings (SSSR count). The fourth-order valence-corrected chi connectivity index (χ4v) is 10.7. The van der Waals surface area contributed by atoms with Crippen molar-refractivity contribution in [2.24, 2.45) is 0 Å². The van der Waals surface area contributed by atoms with Crippen LogP contribution in [0.15, 0.2) is 36.9 Å². The molecule has 0 saturated carbocycles. The molecule has 0 aliphatic carbocycles. The molecular weight excluding hydrogens is 392 g/mol. The molecule has 2 heteroatoms. The van der Waals surface area contributed by atoms with E-state index in [9.17, 15) is 0 Å². The van der Waals surface area contributed by atoms with Gasteiger partial charge in [0.15, 0.2) is 0 Å². The van der Waals surface area contributed by atoms with Crippen LogP contribution in [-0.4, -0.2) is 8.32 Å². The van der Waals surface area contributed by atoms with Crippen LogP contribution in [0.3, 0.4) is 0 Å². The third-order valence-corrected chi connectivity index (χ3v) is 13.0. The summed E-state index contributed by atoms with van der Waals surface area (Å²) in [5.74, 6) is 1.54. The van der Waals surface area contributed by atoms with Gasteiger partial charge >= 0.3 is 0 Å². The number of hydrogen-bond acceptors (Lipinski definition) is 1. The Kier molecular flexibility index (Phi) is 8.38. The normalized spacial score (nSPS) is 12.3. The number of benzene rings is 2. The third kappa shape index (κ3) is 5.34. The summed E-state index contributed by atoms with van der Waals surface area (Å²) in [4.78, 5) is 0. The van der Waals surface area contributed by atoms with Gasteiger partial charge in [0.25, 0.3) is 8.32 Å². The summed E-state index contributed by atoms with van der Waals surface area (Å²) >= 11 is 0. The average Bonchev–Trinajstić information content (AvgIpc) is 2.68. The summed E-state index contributed by atoms with van der Waals surface area (Å²) in [5.41, 5.74) is 9.71. The number of rotatable bonds is 9. The van der Waals surface area contributed by atoms with Gasteiger partial charge in [-0.05, 0) is 82.3 Å². The van der Waals surface area contributed by atoms with Crippen molar-refractivity contribution in [2.75, 3.05) is 0 Å². The van der Waals surface area contributed by atoms with E-state index >= 15 is 0 Å². The maximum Gasteiger partial charge on any atom is 0.258 e. The first-order valence-corrected chi connectivity index (χ1v) is 14.1. The van der Waals surface area contributed by atoms with Crippen molar-refractivity contribution in [3.05, 3.63) is 70.3 Å². The van der Waals surface area contributed by atoms with Gasteiger partial charge in [-0.3, -0.25) is 0 Å². The summed E-state index contributed by atoms with van der Waals surface area (Å²) in [5, 5.41) is 0. The molecule has 0 aliphatic rings. The van der Waals surface area contributed by atoms with E-state index in [1.807, 2.05) is 6.08 Å². The Morgan fingerprint density at radius 3 is 1.77 bits per heavy atom. The molecule has 0 aliphatic heterocycles. The quantitative estimate of drug-likeness (QED) is 0.356. The Morgan fingerprint density at radius 2 is 1.35 bits per heavy atom. The monoisotopic (exact) mass is 436 g/mol. The molecule has 170 valence electrons. The van der Waals surface area contributed by atoms with Crippen LogP contribution in [0.25, 0.3) is 6.08 Å². The second-order valence-corrected chi connectivity index (χ2v) is 15.8. The molecule has 31 heavy (non-hydrogen) atoms. The standard InChI is InChI=1S/C29H44OSi/c1-12-25-15-23(10)28(24(11)16-25)18-26-13-14-29(27(17-26)19(2)3)30-31(20(4)5,21(6)7)22(8)9/h12-17,19-22H,1,18H2,2-11H3. The fourth-order valence-electron chi connectivity index (χ4n) is 5.42. The molecular formula is C29H44OSi. The minimum Gasteiger partial charge on any atom is -0.542 e. The van der Waals surface area contributed by atoms with E-state index in [2.05, 4.69) is 106 Å². The molecule has 2 aromatic carbocycles. The topological polar surface area (TPSA) is 9.23 Å². The van der Waals surface area contributed by atoms with Gasteiger partial charge in [0.05, 0.1) is 0 Å². The highest BCUT2D eigenvalue weighted by molar-refractivity contribution is 6.78. The lowest BCUT2D eigenvalue weighted by atomic mass is 9.92. The van der Waals surface area contributed by atoms with Crippen molar-refractivity contribution in [3.63, 3.8) is 0 Å². The van der Waals surface area contributed by atoms with Crippen molar-refractivity contribution in [1.82, 2.24) is 0 Å². The molecule has 0 atom stereocenters. The first-order valence-electron chi connectivity index (χ1n) is 12.0. The fraction of sp³-hybridized carbons (Fsp3) is 0.517. The van der Waals surface area contributed by atoms with Gasteiger partial charge in [-0.25, -0.2) is 0 Å². The Bertz CT molecular complexity index is 860. The maximum atomic E-state index is 7.09. The van der Waals surface area contributed by atoms with Gasteiger partial charge < -0.3 is 4.43 Å². The van der Waals surface area contributed by atoms with Crippen molar-refractivity contribution >= 4 is 14.4 Å². The molecule has 1 nitrogen and oxygen atoms in total. The van der Waals surface area contributed by atoms with Crippen LogP contribution in [-0.2, 0) is 6.42 Å². The Balaban J connectivity index is 2.48. The minimum absolute atomic E-state index is 0.429. The molecule has 2 aromatic rings. The van der Waals surface area contributed by atoms with Crippen LogP contribution >= 0.6 is 0 Å². The van der Waals surface area contributed by atoms with Crippen LogP contribution in [0.1, 0.15) is 94.7 Å². The van der Waals surface area contributed by atoms with Crippen molar-refractivity contribution in [1.29, 1.82) is 0 Å². The molecule has 0 fully saturated rings. The van der Waals surface area contributed by atoms with E-state index in [1.54, 1.807) is 0 Å². The predicted octanol–water partition coefficient (Wildman–Crippen LogP) is 9.21. The van der Waals surface area contributed by atoms with E-state index in [1.165, 1.54) is 33.4 Å². The summed E-state index contributed by atoms with van der Waals surface area (Å²) < 4.78 is 7.09. The van der Waals surface area contributed by atoms with Crippen LogP contribution in [0, 0.1) is 13.8 Å². The van der Waals surface area contributed by atoms with E-state index < -0.39 is 8.32 Å². The van der Waals surface area contributed by atoms with Crippen LogP contribution < -0.4 is 4.43 Å². The van der Waals surface area contributed by atoms with E-state index in [0.29, 0.717) is 22.5 Å². The Labute approximate surface area is 193 Å². The van der Waals surface area contributed by atoms with Gasteiger partial charge in [0.2, 0.25) is 0 Å². The Morgan fingerprint density at radius 1 is 0.839 bits per heavy atom.